The number of rotatable bonds is 7. The van der Waals surface area contributed by atoms with Crippen molar-refractivity contribution in [1.82, 2.24) is 5.32 Å². The molecule has 0 fully saturated rings. The Morgan fingerprint density at radius 3 is 2.36 bits per heavy atom. The first-order chi connectivity index (χ1) is 10.3. The zero-order chi connectivity index (χ0) is 16.8. The van der Waals surface area contributed by atoms with E-state index in [0.717, 1.165) is 0 Å². The summed E-state index contributed by atoms with van der Waals surface area (Å²) < 4.78 is 39.5. The highest BCUT2D eigenvalue weighted by Gasteiger charge is 2.42. The van der Waals surface area contributed by atoms with Crippen LogP contribution in [-0.4, -0.2) is 41.3 Å². The molecule has 22 heavy (non-hydrogen) atoms. The maximum atomic E-state index is 13.2. The lowest BCUT2D eigenvalue weighted by atomic mass is 9.94. The highest BCUT2D eigenvalue weighted by molar-refractivity contribution is 7.99. The van der Waals surface area contributed by atoms with Crippen LogP contribution in [-0.2, 0) is 4.79 Å². The molecule has 124 valence electrons. The standard InChI is InChI=1S/C15H20F3NO2S/c1-10(13(9-20)22-2)19-14(21)8-12(15(16,17)18)11-6-4-3-5-7-11/h3-7,10,12-13,20H,8-9H2,1-2H3,(H,19,21). The van der Waals surface area contributed by atoms with Gasteiger partial charge in [-0.05, 0) is 18.7 Å². The van der Waals surface area contributed by atoms with Gasteiger partial charge in [0.15, 0.2) is 0 Å². The molecule has 0 aromatic heterocycles. The van der Waals surface area contributed by atoms with Crippen LogP contribution >= 0.6 is 11.8 Å². The highest BCUT2D eigenvalue weighted by Crippen LogP contribution is 2.37. The molecule has 0 bridgehead atoms. The Kier molecular flexibility index (Phi) is 7.22. The normalized spacial score (nSPS) is 15.9. The van der Waals surface area contributed by atoms with Crippen LogP contribution in [0.15, 0.2) is 30.3 Å². The van der Waals surface area contributed by atoms with Crippen molar-refractivity contribution in [2.45, 2.75) is 36.7 Å². The zero-order valence-corrected chi connectivity index (χ0v) is 13.2. The van der Waals surface area contributed by atoms with Crippen LogP contribution < -0.4 is 5.32 Å². The van der Waals surface area contributed by atoms with Gasteiger partial charge in [-0.25, -0.2) is 0 Å². The molecule has 3 unspecified atom stereocenters. The minimum absolute atomic E-state index is 0.0707. The van der Waals surface area contributed by atoms with Crippen LogP contribution in [0.3, 0.4) is 0 Å². The molecular weight excluding hydrogens is 315 g/mol. The first-order valence-electron chi connectivity index (χ1n) is 6.84. The third-order valence-electron chi connectivity index (χ3n) is 3.42. The summed E-state index contributed by atoms with van der Waals surface area (Å²) >= 11 is 1.35. The lowest BCUT2D eigenvalue weighted by Crippen LogP contribution is -2.42. The average molecular weight is 335 g/mol. The number of carbonyl (C=O) groups excluding carboxylic acids is 1. The van der Waals surface area contributed by atoms with E-state index in [1.807, 2.05) is 0 Å². The number of alkyl halides is 3. The molecule has 1 rings (SSSR count). The maximum absolute atomic E-state index is 13.2. The second kappa shape index (κ2) is 8.43. The number of aliphatic hydroxyl groups is 1. The first kappa shape index (κ1) is 18.8. The van der Waals surface area contributed by atoms with Crippen LogP contribution in [0.1, 0.15) is 24.8 Å². The summed E-state index contributed by atoms with van der Waals surface area (Å²) in [6.45, 7) is 1.52. The van der Waals surface area contributed by atoms with Gasteiger partial charge in [0.25, 0.3) is 0 Å². The van der Waals surface area contributed by atoms with Crippen molar-refractivity contribution in [1.29, 1.82) is 0 Å². The number of carbonyl (C=O) groups is 1. The summed E-state index contributed by atoms with van der Waals surface area (Å²) in [5.74, 6) is -2.51. The summed E-state index contributed by atoms with van der Waals surface area (Å²) in [7, 11) is 0. The number of hydrogen-bond donors (Lipinski definition) is 2. The van der Waals surface area contributed by atoms with Crippen LogP contribution in [0.4, 0.5) is 13.2 Å². The molecule has 0 saturated heterocycles. The van der Waals surface area contributed by atoms with Crippen LogP contribution in [0.5, 0.6) is 0 Å². The summed E-state index contributed by atoms with van der Waals surface area (Å²) in [6, 6.07) is 7.00. The Morgan fingerprint density at radius 1 is 1.32 bits per heavy atom. The van der Waals surface area contributed by atoms with Crippen molar-refractivity contribution in [2.75, 3.05) is 12.9 Å². The topological polar surface area (TPSA) is 49.3 Å². The van der Waals surface area contributed by atoms with Crippen LogP contribution in [0.2, 0.25) is 0 Å². The van der Waals surface area contributed by atoms with Crippen molar-refractivity contribution < 1.29 is 23.1 Å². The molecule has 0 aliphatic carbocycles. The second-order valence-electron chi connectivity index (χ2n) is 5.02. The van der Waals surface area contributed by atoms with E-state index in [0.29, 0.717) is 0 Å². The van der Waals surface area contributed by atoms with E-state index >= 15 is 0 Å². The molecule has 1 aromatic carbocycles. The number of benzene rings is 1. The molecule has 0 heterocycles. The minimum atomic E-state index is -4.49. The average Bonchev–Trinajstić information content (AvgIpc) is 2.45. The molecule has 0 aliphatic heterocycles. The Bertz CT molecular complexity index is 464. The third-order valence-corrected chi connectivity index (χ3v) is 4.58. The number of halogens is 3. The molecule has 3 atom stereocenters. The van der Waals surface area contributed by atoms with E-state index in [9.17, 15) is 18.0 Å². The lowest BCUT2D eigenvalue weighted by Gasteiger charge is -2.24. The fourth-order valence-corrected chi connectivity index (χ4v) is 2.76. The zero-order valence-electron chi connectivity index (χ0n) is 12.4. The molecule has 3 nitrogen and oxygen atoms in total. The SMILES string of the molecule is CSC(CO)C(C)NC(=O)CC(c1ccccc1)C(F)(F)F. The Hall–Kier alpha value is -1.21. The molecule has 0 aliphatic rings. The van der Waals surface area contributed by atoms with Gasteiger partial charge in [0.2, 0.25) is 5.91 Å². The fourth-order valence-electron chi connectivity index (χ4n) is 2.14. The molecule has 0 saturated carbocycles. The molecule has 7 heteroatoms. The van der Waals surface area contributed by atoms with E-state index in [1.165, 1.54) is 36.0 Å². The molecule has 0 spiro atoms. The maximum Gasteiger partial charge on any atom is 0.396 e. The van der Waals surface area contributed by atoms with Gasteiger partial charge in [0, 0.05) is 17.7 Å². The largest absolute Gasteiger partial charge is 0.396 e. The van der Waals surface area contributed by atoms with E-state index in [-0.39, 0.29) is 17.4 Å². The van der Waals surface area contributed by atoms with Gasteiger partial charge in [-0.3, -0.25) is 4.79 Å². The van der Waals surface area contributed by atoms with Gasteiger partial charge < -0.3 is 10.4 Å². The Balaban J connectivity index is 2.77. The van der Waals surface area contributed by atoms with E-state index in [2.05, 4.69) is 5.32 Å². The summed E-state index contributed by atoms with van der Waals surface area (Å²) in [6.07, 6.45) is -3.38. The smallest absolute Gasteiger partial charge is 0.395 e. The lowest BCUT2D eigenvalue weighted by molar-refractivity contribution is -0.157. The predicted octanol–water partition coefficient (Wildman–Crippen LogP) is 2.95. The Labute approximate surface area is 132 Å². The van der Waals surface area contributed by atoms with Gasteiger partial charge in [0.1, 0.15) is 0 Å². The first-order valence-corrected chi connectivity index (χ1v) is 8.13. The van der Waals surface area contributed by atoms with Crippen molar-refractivity contribution in [2.24, 2.45) is 0 Å². The third kappa shape index (κ3) is 5.53. The molecule has 0 radical (unpaired) electrons. The number of aliphatic hydroxyl groups excluding tert-OH is 1. The van der Waals surface area contributed by atoms with Crippen LogP contribution in [0.25, 0.3) is 0 Å². The number of thioether (sulfide) groups is 1. The summed E-state index contributed by atoms with van der Waals surface area (Å²) in [5, 5.41) is 11.4. The highest BCUT2D eigenvalue weighted by atomic mass is 32.2. The number of nitrogens with one attached hydrogen (secondary N) is 1. The van der Waals surface area contributed by atoms with E-state index in [4.69, 9.17) is 5.11 Å². The van der Waals surface area contributed by atoms with Gasteiger partial charge in [-0.1, -0.05) is 30.3 Å². The molecule has 2 N–H and O–H groups in total. The summed E-state index contributed by atoms with van der Waals surface area (Å²) in [5.41, 5.74) is 0.0707. The van der Waals surface area contributed by atoms with Crippen LogP contribution in [0, 0.1) is 0 Å². The van der Waals surface area contributed by atoms with E-state index < -0.39 is 30.5 Å². The minimum Gasteiger partial charge on any atom is -0.395 e. The van der Waals surface area contributed by atoms with Crippen molar-refractivity contribution in [3.8, 4) is 0 Å². The predicted molar refractivity (Wildman–Crippen MR) is 81.8 cm³/mol. The van der Waals surface area contributed by atoms with Crippen molar-refractivity contribution in [3.63, 3.8) is 0 Å². The molecule has 1 amide bonds. The Morgan fingerprint density at radius 2 is 1.91 bits per heavy atom. The quantitative estimate of drug-likeness (QED) is 0.805. The van der Waals surface area contributed by atoms with Gasteiger partial charge in [0.05, 0.1) is 12.5 Å². The summed E-state index contributed by atoms with van der Waals surface area (Å²) in [4.78, 5) is 11.9. The molecule has 1 aromatic rings. The van der Waals surface area contributed by atoms with E-state index in [1.54, 1.807) is 19.2 Å². The second-order valence-corrected chi connectivity index (χ2v) is 6.10. The number of amides is 1. The molecular formula is C15H20F3NO2S. The van der Waals surface area contributed by atoms with Crippen molar-refractivity contribution >= 4 is 17.7 Å². The number of hydrogen-bond acceptors (Lipinski definition) is 3. The van der Waals surface area contributed by atoms with Crippen molar-refractivity contribution in [3.05, 3.63) is 35.9 Å². The monoisotopic (exact) mass is 335 g/mol. The fraction of sp³-hybridized carbons (Fsp3) is 0.533. The van der Waals surface area contributed by atoms with Gasteiger partial charge in [-0.15, -0.1) is 0 Å². The van der Waals surface area contributed by atoms with Gasteiger partial charge in [-0.2, -0.15) is 24.9 Å². The van der Waals surface area contributed by atoms with Gasteiger partial charge >= 0.3 is 6.18 Å².